The first kappa shape index (κ1) is 13.9. The van der Waals surface area contributed by atoms with Crippen LogP contribution in [0.4, 0.5) is 0 Å². The molecule has 0 aliphatic carbocycles. The SMILES string of the molecule is CC(C)CC(CO)NC(=O)c1ncncc1Cl. The highest BCUT2D eigenvalue weighted by atomic mass is 35.5. The van der Waals surface area contributed by atoms with Gasteiger partial charge in [0.15, 0.2) is 0 Å². The molecule has 0 aromatic carbocycles. The summed E-state index contributed by atoms with van der Waals surface area (Å²) in [7, 11) is 0. The zero-order valence-electron chi connectivity index (χ0n) is 9.85. The number of nitrogens with one attached hydrogen (secondary N) is 1. The van der Waals surface area contributed by atoms with Gasteiger partial charge in [-0.15, -0.1) is 0 Å². The van der Waals surface area contributed by atoms with Gasteiger partial charge < -0.3 is 10.4 Å². The van der Waals surface area contributed by atoms with Crippen molar-refractivity contribution >= 4 is 17.5 Å². The molecular weight excluding hydrogens is 242 g/mol. The van der Waals surface area contributed by atoms with Crippen molar-refractivity contribution in [1.82, 2.24) is 15.3 Å². The summed E-state index contributed by atoms with van der Waals surface area (Å²) in [4.78, 5) is 19.3. The molecule has 0 saturated carbocycles. The molecule has 0 spiro atoms. The molecule has 0 saturated heterocycles. The molecular formula is C11H16ClN3O2. The molecule has 17 heavy (non-hydrogen) atoms. The highest BCUT2D eigenvalue weighted by Crippen LogP contribution is 2.11. The van der Waals surface area contributed by atoms with Gasteiger partial charge in [-0.2, -0.15) is 0 Å². The van der Waals surface area contributed by atoms with E-state index in [4.69, 9.17) is 16.7 Å². The Labute approximate surface area is 105 Å². The number of aliphatic hydroxyl groups is 1. The van der Waals surface area contributed by atoms with Crippen molar-refractivity contribution in [2.24, 2.45) is 5.92 Å². The zero-order valence-corrected chi connectivity index (χ0v) is 10.6. The van der Waals surface area contributed by atoms with Gasteiger partial charge in [-0.3, -0.25) is 4.79 Å². The number of carbonyl (C=O) groups excluding carboxylic acids is 1. The average Bonchev–Trinajstić information content (AvgIpc) is 2.27. The van der Waals surface area contributed by atoms with Crippen LogP contribution in [0.15, 0.2) is 12.5 Å². The minimum Gasteiger partial charge on any atom is -0.394 e. The van der Waals surface area contributed by atoms with Gasteiger partial charge in [0.25, 0.3) is 5.91 Å². The third-order valence-electron chi connectivity index (χ3n) is 2.19. The molecule has 5 nitrogen and oxygen atoms in total. The second kappa shape index (κ2) is 6.51. The van der Waals surface area contributed by atoms with Crippen molar-refractivity contribution in [3.8, 4) is 0 Å². The van der Waals surface area contributed by atoms with Gasteiger partial charge in [-0.25, -0.2) is 9.97 Å². The standard InChI is InChI=1S/C11H16ClN3O2/c1-7(2)3-8(5-16)15-11(17)10-9(12)4-13-6-14-10/h4,6-8,16H,3,5H2,1-2H3,(H,15,17). The summed E-state index contributed by atoms with van der Waals surface area (Å²) < 4.78 is 0. The van der Waals surface area contributed by atoms with Crippen molar-refractivity contribution in [2.75, 3.05) is 6.61 Å². The Morgan fingerprint density at radius 1 is 1.59 bits per heavy atom. The molecule has 1 heterocycles. The van der Waals surface area contributed by atoms with Crippen molar-refractivity contribution in [2.45, 2.75) is 26.3 Å². The highest BCUT2D eigenvalue weighted by molar-refractivity contribution is 6.33. The molecule has 1 aromatic heterocycles. The van der Waals surface area contributed by atoms with Crippen LogP contribution in [0.2, 0.25) is 5.02 Å². The molecule has 0 radical (unpaired) electrons. The third-order valence-corrected chi connectivity index (χ3v) is 2.47. The zero-order chi connectivity index (χ0) is 12.8. The molecule has 1 unspecified atom stereocenters. The maximum atomic E-state index is 11.8. The molecule has 2 N–H and O–H groups in total. The van der Waals surface area contributed by atoms with E-state index in [0.717, 1.165) is 0 Å². The first-order valence-electron chi connectivity index (χ1n) is 5.41. The monoisotopic (exact) mass is 257 g/mol. The van der Waals surface area contributed by atoms with Crippen molar-refractivity contribution < 1.29 is 9.90 Å². The van der Waals surface area contributed by atoms with Crippen molar-refractivity contribution in [1.29, 1.82) is 0 Å². The van der Waals surface area contributed by atoms with E-state index in [0.29, 0.717) is 12.3 Å². The van der Waals surface area contributed by atoms with E-state index < -0.39 is 5.91 Å². The summed E-state index contributed by atoms with van der Waals surface area (Å²) in [6.45, 7) is 3.94. The summed E-state index contributed by atoms with van der Waals surface area (Å²) in [5.74, 6) is -0.00887. The summed E-state index contributed by atoms with van der Waals surface area (Å²) in [5, 5.41) is 12.1. The predicted molar refractivity (Wildman–Crippen MR) is 64.8 cm³/mol. The van der Waals surface area contributed by atoms with Crippen LogP contribution in [0.5, 0.6) is 0 Å². The van der Waals surface area contributed by atoms with Gasteiger partial charge in [0.2, 0.25) is 0 Å². The Morgan fingerprint density at radius 3 is 2.82 bits per heavy atom. The third kappa shape index (κ3) is 4.28. The van der Waals surface area contributed by atoms with Crippen LogP contribution in [0, 0.1) is 5.92 Å². The predicted octanol–water partition coefficient (Wildman–Crippen LogP) is 1.27. The van der Waals surface area contributed by atoms with Crippen molar-refractivity contribution in [3.05, 3.63) is 23.2 Å². The molecule has 6 heteroatoms. The Balaban J connectivity index is 2.68. The normalized spacial score (nSPS) is 12.5. The molecule has 0 bridgehead atoms. The van der Waals surface area contributed by atoms with Crippen molar-refractivity contribution in [3.63, 3.8) is 0 Å². The van der Waals surface area contributed by atoms with Crippen LogP contribution in [0.3, 0.4) is 0 Å². The lowest BCUT2D eigenvalue weighted by Crippen LogP contribution is -2.38. The Bertz CT molecular complexity index is 385. The summed E-state index contributed by atoms with van der Waals surface area (Å²) in [6, 6.07) is -0.284. The minimum atomic E-state index is -0.392. The van der Waals surface area contributed by atoms with Gasteiger partial charge >= 0.3 is 0 Å². The molecule has 1 aromatic rings. The van der Waals surface area contributed by atoms with E-state index in [1.807, 2.05) is 13.8 Å². The molecule has 1 rings (SSSR count). The van der Waals surface area contributed by atoms with Crippen LogP contribution < -0.4 is 5.32 Å². The van der Waals surface area contributed by atoms with E-state index in [1.165, 1.54) is 12.5 Å². The van der Waals surface area contributed by atoms with Gasteiger partial charge in [0.05, 0.1) is 17.7 Å². The van der Waals surface area contributed by atoms with E-state index in [2.05, 4.69) is 15.3 Å². The second-order valence-corrected chi connectivity index (χ2v) is 4.61. The lowest BCUT2D eigenvalue weighted by molar-refractivity contribution is 0.0903. The minimum absolute atomic E-state index is 0.105. The second-order valence-electron chi connectivity index (χ2n) is 4.20. The summed E-state index contributed by atoms with van der Waals surface area (Å²) in [6.07, 6.45) is 3.32. The first-order chi connectivity index (χ1) is 8.04. The van der Waals surface area contributed by atoms with Crippen LogP contribution in [0.1, 0.15) is 30.8 Å². The fourth-order valence-electron chi connectivity index (χ4n) is 1.48. The number of rotatable bonds is 5. The van der Waals surface area contributed by atoms with E-state index in [1.54, 1.807) is 0 Å². The number of aromatic nitrogens is 2. The lowest BCUT2D eigenvalue weighted by atomic mass is 10.0. The Kier molecular flexibility index (Phi) is 5.31. The highest BCUT2D eigenvalue weighted by Gasteiger charge is 2.17. The average molecular weight is 258 g/mol. The molecule has 1 amide bonds. The first-order valence-corrected chi connectivity index (χ1v) is 5.79. The fraction of sp³-hybridized carbons (Fsp3) is 0.545. The molecule has 1 atom stereocenters. The Morgan fingerprint density at radius 2 is 2.29 bits per heavy atom. The van der Waals surface area contributed by atoms with Gasteiger partial charge in [-0.05, 0) is 12.3 Å². The fourth-order valence-corrected chi connectivity index (χ4v) is 1.67. The number of hydrogen-bond donors (Lipinski definition) is 2. The van der Waals surface area contributed by atoms with Gasteiger partial charge in [-0.1, -0.05) is 25.4 Å². The largest absolute Gasteiger partial charge is 0.394 e. The quantitative estimate of drug-likeness (QED) is 0.833. The van der Waals surface area contributed by atoms with E-state index >= 15 is 0 Å². The van der Waals surface area contributed by atoms with Crippen LogP contribution in [-0.2, 0) is 0 Å². The van der Waals surface area contributed by atoms with Gasteiger partial charge in [0, 0.05) is 6.20 Å². The molecule has 94 valence electrons. The Hall–Kier alpha value is -1.20. The summed E-state index contributed by atoms with van der Waals surface area (Å²) in [5.41, 5.74) is 0.129. The van der Waals surface area contributed by atoms with E-state index in [-0.39, 0.29) is 23.4 Å². The number of aliphatic hydroxyl groups excluding tert-OH is 1. The molecule has 0 aliphatic heterocycles. The lowest BCUT2D eigenvalue weighted by Gasteiger charge is -2.18. The number of halogens is 1. The van der Waals surface area contributed by atoms with Crippen LogP contribution >= 0.6 is 11.6 Å². The van der Waals surface area contributed by atoms with Crippen LogP contribution in [0.25, 0.3) is 0 Å². The number of carbonyl (C=O) groups is 1. The molecule has 0 aliphatic rings. The molecule has 0 fully saturated rings. The topological polar surface area (TPSA) is 75.1 Å². The van der Waals surface area contributed by atoms with Crippen LogP contribution in [-0.4, -0.2) is 33.6 Å². The number of hydrogen-bond acceptors (Lipinski definition) is 4. The number of amides is 1. The maximum Gasteiger partial charge on any atom is 0.271 e. The number of nitrogens with zero attached hydrogens (tertiary/aromatic N) is 2. The smallest absolute Gasteiger partial charge is 0.271 e. The van der Waals surface area contributed by atoms with E-state index in [9.17, 15) is 4.79 Å². The van der Waals surface area contributed by atoms with Gasteiger partial charge in [0.1, 0.15) is 12.0 Å². The summed E-state index contributed by atoms with van der Waals surface area (Å²) >= 11 is 5.80. The maximum absolute atomic E-state index is 11.8.